The van der Waals surface area contributed by atoms with E-state index in [2.05, 4.69) is 20.9 Å². The molecule has 1 amide bonds. The highest BCUT2D eigenvalue weighted by Crippen LogP contribution is 2.14. The number of amides is 1. The molecule has 9 nitrogen and oxygen atoms in total. The fraction of sp³-hybridized carbons (Fsp3) is 0.538. The molecule has 1 aromatic rings. The third kappa shape index (κ3) is 5.13. The van der Waals surface area contributed by atoms with Crippen LogP contribution in [0.3, 0.4) is 0 Å². The van der Waals surface area contributed by atoms with E-state index in [4.69, 9.17) is 0 Å². The number of aromatic nitrogens is 1. The highest BCUT2D eigenvalue weighted by atomic mass is 35.5. The Bertz CT molecular complexity index is 601. The third-order valence-corrected chi connectivity index (χ3v) is 3.28. The number of aryl methyl sites for hydroxylation is 1. The average molecular weight is 345 g/mol. The molecule has 2 rings (SSSR count). The summed E-state index contributed by atoms with van der Waals surface area (Å²) >= 11 is 0. The Balaban J connectivity index is 0.00000264. The van der Waals surface area contributed by atoms with Gasteiger partial charge in [0, 0.05) is 38.8 Å². The Morgan fingerprint density at radius 1 is 1.61 bits per heavy atom. The second kappa shape index (κ2) is 8.37. The molecule has 3 N–H and O–H groups in total. The zero-order chi connectivity index (χ0) is 16.1. The van der Waals surface area contributed by atoms with Gasteiger partial charge in [0.2, 0.25) is 0 Å². The summed E-state index contributed by atoms with van der Waals surface area (Å²) in [5, 5.41) is 19.8. The first-order chi connectivity index (χ1) is 10.5. The number of carbonyl (C=O) groups is 1. The molecule has 0 aliphatic carbocycles. The maximum Gasteiger partial charge on any atom is 0.287 e. The molecule has 1 unspecified atom stereocenters. The topological polar surface area (TPSA) is 114 Å². The monoisotopic (exact) mass is 344 g/mol. The summed E-state index contributed by atoms with van der Waals surface area (Å²) in [6.07, 6.45) is 2.33. The number of hydrogen-bond acceptors (Lipinski definition) is 6. The fourth-order valence-corrected chi connectivity index (χ4v) is 2.12. The van der Waals surface area contributed by atoms with Crippen LogP contribution in [-0.4, -0.2) is 47.0 Å². The first-order valence-corrected chi connectivity index (χ1v) is 7.11. The molecule has 1 atom stereocenters. The molecule has 1 aliphatic heterocycles. The number of guanidine groups is 1. The van der Waals surface area contributed by atoms with Crippen LogP contribution in [0.15, 0.2) is 17.3 Å². The molecule has 128 valence electrons. The summed E-state index contributed by atoms with van der Waals surface area (Å²) in [6.45, 7) is 3.99. The second-order valence-electron chi connectivity index (χ2n) is 5.22. The van der Waals surface area contributed by atoms with Crippen molar-refractivity contribution in [2.24, 2.45) is 12.0 Å². The maximum atomic E-state index is 12.1. The summed E-state index contributed by atoms with van der Waals surface area (Å²) in [5.74, 6) is 0.394. The molecule has 1 aromatic heterocycles. The lowest BCUT2D eigenvalue weighted by Gasteiger charge is -2.21. The second-order valence-corrected chi connectivity index (χ2v) is 5.22. The predicted octanol–water partition coefficient (Wildman–Crippen LogP) is 0.412. The molecule has 2 heterocycles. The van der Waals surface area contributed by atoms with E-state index in [0.717, 1.165) is 25.5 Å². The number of nitro groups is 1. The summed E-state index contributed by atoms with van der Waals surface area (Å²) < 4.78 is 1.44. The molecule has 23 heavy (non-hydrogen) atoms. The van der Waals surface area contributed by atoms with Crippen molar-refractivity contribution >= 4 is 30.0 Å². The van der Waals surface area contributed by atoms with E-state index in [-0.39, 0.29) is 35.7 Å². The van der Waals surface area contributed by atoms with Gasteiger partial charge >= 0.3 is 0 Å². The molecule has 0 saturated carbocycles. The minimum absolute atomic E-state index is 0. The van der Waals surface area contributed by atoms with Crippen LogP contribution in [0.1, 0.15) is 23.8 Å². The highest BCUT2D eigenvalue weighted by Gasteiger charge is 2.18. The van der Waals surface area contributed by atoms with Crippen molar-refractivity contribution in [1.29, 1.82) is 0 Å². The number of carbonyl (C=O) groups excluding carboxylic acids is 1. The fourth-order valence-electron chi connectivity index (χ4n) is 2.12. The van der Waals surface area contributed by atoms with E-state index >= 15 is 0 Å². The van der Waals surface area contributed by atoms with Crippen LogP contribution in [0.25, 0.3) is 0 Å². The quantitative estimate of drug-likeness (QED) is 0.529. The van der Waals surface area contributed by atoms with E-state index in [0.29, 0.717) is 6.54 Å². The number of aliphatic imine (C=N–C) groups is 1. The van der Waals surface area contributed by atoms with Crippen LogP contribution in [-0.2, 0) is 7.05 Å². The lowest BCUT2D eigenvalue weighted by molar-refractivity contribution is -0.384. The summed E-state index contributed by atoms with van der Waals surface area (Å²) in [6, 6.07) is 1.25. The summed E-state index contributed by atoms with van der Waals surface area (Å²) in [7, 11) is 1.60. The summed E-state index contributed by atoms with van der Waals surface area (Å²) in [4.78, 5) is 26.6. The van der Waals surface area contributed by atoms with Gasteiger partial charge in [-0.3, -0.25) is 19.9 Å². The van der Waals surface area contributed by atoms with Crippen molar-refractivity contribution in [1.82, 2.24) is 20.5 Å². The number of halogens is 1. The standard InChI is InChI=1S/C13H20N6O3.ClH/c1-9(17-13-14-4-3-5-15-13)7-16-12(20)11-6-10(19(21)22)8-18(11)2;/h6,8-9H,3-5,7H2,1-2H3,(H,16,20)(H2,14,15,17);1H. The lowest BCUT2D eigenvalue weighted by atomic mass is 10.3. The van der Waals surface area contributed by atoms with Gasteiger partial charge in [-0.1, -0.05) is 0 Å². The van der Waals surface area contributed by atoms with Crippen molar-refractivity contribution in [3.63, 3.8) is 0 Å². The van der Waals surface area contributed by atoms with Gasteiger partial charge in [0.15, 0.2) is 5.96 Å². The molecule has 0 radical (unpaired) electrons. The normalized spacial score (nSPS) is 14.8. The van der Waals surface area contributed by atoms with E-state index < -0.39 is 4.92 Å². The molecule has 0 spiro atoms. The van der Waals surface area contributed by atoms with E-state index in [1.165, 1.54) is 16.8 Å². The van der Waals surface area contributed by atoms with Crippen molar-refractivity contribution in [3.8, 4) is 0 Å². The van der Waals surface area contributed by atoms with Gasteiger partial charge in [-0.2, -0.15) is 0 Å². The number of nitrogens with one attached hydrogen (secondary N) is 3. The summed E-state index contributed by atoms with van der Waals surface area (Å²) in [5.41, 5.74) is 0.159. The smallest absolute Gasteiger partial charge is 0.287 e. The molecule has 1 aliphatic rings. The zero-order valence-electron chi connectivity index (χ0n) is 13.0. The molecular formula is C13H21ClN6O3. The first kappa shape index (κ1) is 18.8. The zero-order valence-corrected chi connectivity index (χ0v) is 13.9. The average Bonchev–Trinajstić information content (AvgIpc) is 2.88. The molecule has 0 bridgehead atoms. The van der Waals surface area contributed by atoms with E-state index in [1.807, 2.05) is 6.92 Å². The van der Waals surface area contributed by atoms with E-state index in [1.54, 1.807) is 7.05 Å². The van der Waals surface area contributed by atoms with Crippen LogP contribution in [0.4, 0.5) is 5.69 Å². The van der Waals surface area contributed by atoms with Crippen molar-refractivity contribution < 1.29 is 9.72 Å². The molecule has 0 aromatic carbocycles. The Morgan fingerprint density at radius 3 is 2.91 bits per heavy atom. The molecule has 0 fully saturated rings. The van der Waals surface area contributed by atoms with E-state index in [9.17, 15) is 14.9 Å². The minimum Gasteiger partial charge on any atom is -0.356 e. The van der Waals surface area contributed by atoms with Gasteiger partial charge in [0.1, 0.15) is 5.69 Å². The number of hydrogen-bond donors (Lipinski definition) is 3. The highest BCUT2D eigenvalue weighted by molar-refractivity contribution is 5.93. The van der Waals surface area contributed by atoms with Gasteiger partial charge < -0.3 is 20.5 Å². The molecule has 10 heteroatoms. The van der Waals surface area contributed by atoms with Gasteiger partial charge in [-0.05, 0) is 13.3 Å². The molecule has 0 saturated heterocycles. The predicted molar refractivity (Wildman–Crippen MR) is 89.2 cm³/mol. The van der Waals surface area contributed by atoms with Crippen molar-refractivity contribution in [3.05, 3.63) is 28.1 Å². The number of rotatable bonds is 5. The Kier molecular flexibility index (Phi) is 6.83. The van der Waals surface area contributed by atoms with Gasteiger partial charge in [0.25, 0.3) is 11.6 Å². The Labute approximate surface area is 140 Å². The van der Waals surface area contributed by atoms with Crippen molar-refractivity contribution in [2.75, 3.05) is 19.6 Å². The Morgan fingerprint density at radius 2 is 2.35 bits per heavy atom. The largest absolute Gasteiger partial charge is 0.356 e. The van der Waals surface area contributed by atoms with Crippen LogP contribution >= 0.6 is 12.4 Å². The van der Waals surface area contributed by atoms with Gasteiger partial charge in [-0.25, -0.2) is 0 Å². The van der Waals surface area contributed by atoms with Crippen LogP contribution in [0, 0.1) is 10.1 Å². The molecular weight excluding hydrogens is 324 g/mol. The SMILES string of the molecule is CC(CNC(=O)c1cc([N+](=O)[O-])cn1C)NC1=NCCCN1.Cl. The van der Waals surface area contributed by atoms with Crippen LogP contribution in [0.2, 0.25) is 0 Å². The van der Waals surface area contributed by atoms with Crippen molar-refractivity contribution in [2.45, 2.75) is 19.4 Å². The Hall–Kier alpha value is -2.29. The van der Waals surface area contributed by atoms with Gasteiger partial charge in [0.05, 0.1) is 11.1 Å². The third-order valence-electron chi connectivity index (χ3n) is 3.28. The van der Waals surface area contributed by atoms with Crippen LogP contribution < -0.4 is 16.0 Å². The number of nitrogens with zero attached hydrogens (tertiary/aromatic N) is 3. The van der Waals surface area contributed by atoms with Gasteiger partial charge in [-0.15, -0.1) is 12.4 Å². The minimum atomic E-state index is -0.520. The first-order valence-electron chi connectivity index (χ1n) is 7.11. The van der Waals surface area contributed by atoms with Crippen LogP contribution in [0.5, 0.6) is 0 Å². The maximum absolute atomic E-state index is 12.1. The lowest BCUT2D eigenvalue weighted by Crippen LogP contribution is -2.48.